The van der Waals surface area contributed by atoms with E-state index in [1.807, 2.05) is 24.6 Å². The van der Waals surface area contributed by atoms with Crippen molar-refractivity contribution >= 4 is 17.0 Å². The Morgan fingerprint density at radius 1 is 1.50 bits per heavy atom. The Balaban J connectivity index is 2.26. The number of thioether (sulfide) groups is 1. The molecule has 1 aliphatic carbocycles. The van der Waals surface area contributed by atoms with Gasteiger partial charge in [-0.2, -0.15) is 0 Å². The van der Waals surface area contributed by atoms with Gasteiger partial charge < -0.3 is 5.32 Å². The third-order valence-electron chi connectivity index (χ3n) is 1.47. The first-order chi connectivity index (χ1) is 4.86. The van der Waals surface area contributed by atoms with Crippen LogP contribution in [-0.2, 0) is 0 Å². The van der Waals surface area contributed by atoms with Crippen LogP contribution in [0.15, 0.2) is 23.1 Å². The van der Waals surface area contributed by atoms with Crippen molar-refractivity contribution in [3.63, 3.8) is 0 Å². The molecule has 3 heteroatoms. The summed E-state index contributed by atoms with van der Waals surface area (Å²) in [4.78, 5) is 11.9. The highest BCUT2D eigenvalue weighted by Crippen LogP contribution is 2.30. The first-order valence-electron chi connectivity index (χ1n) is 3.06. The molecule has 1 unspecified atom stereocenters. The minimum atomic E-state index is 0.0520. The van der Waals surface area contributed by atoms with Gasteiger partial charge in [0.2, 0.25) is 0 Å². The summed E-state index contributed by atoms with van der Waals surface area (Å²) in [6.45, 7) is 0. The number of hydrogen-bond acceptors (Lipinski definition) is 2. The topological polar surface area (TPSA) is 29.1 Å². The molecule has 0 aromatic heterocycles. The van der Waals surface area contributed by atoms with Crippen molar-refractivity contribution in [3.8, 4) is 0 Å². The van der Waals surface area contributed by atoms with E-state index in [4.69, 9.17) is 0 Å². The second-order valence-corrected chi connectivity index (χ2v) is 3.20. The number of amides is 1. The molecule has 51 valence electrons. The van der Waals surface area contributed by atoms with Crippen LogP contribution in [0.4, 0.5) is 4.79 Å². The van der Waals surface area contributed by atoms with Crippen molar-refractivity contribution in [2.24, 2.45) is 0 Å². The Kier molecular flexibility index (Phi) is 1.31. The lowest BCUT2D eigenvalue weighted by atomic mass is 10.1. The lowest BCUT2D eigenvalue weighted by Gasteiger charge is -2.09. The van der Waals surface area contributed by atoms with E-state index in [1.54, 1.807) is 0 Å². The van der Waals surface area contributed by atoms with Gasteiger partial charge >= 0.3 is 0 Å². The SMILES string of the molecule is O=C1NC2[CH]C=CC=C2S1. The van der Waals surface area contributed by atoms with Gasteiger partial charge in [-0.25, -0.2) is 0 Å². The number of nitrogens with one attached hydrogen (secondary N) is 1. The first-order valence-corrected chi connectivity index (χ1v) is 3.88. The van der Waals surface area contributed by atoms with Gasteiger partial charge in [-0.1, -0.05) is 18.2 Å². The number of fused-ring (bicyclic) bond motifs is 1. The number of rotatable bonds is 0. The van der Waals surface area contributed by atoms with E-state index >= 15 is 0 Å². The highest BCUT2D eigenvalue weighted by Gasteiger charge is 2.27. The van der Waals surface area contributed by atoms with E-state index < -0.39 is 0 Å². The summed E-state index contributed by atoms with van der Waals surface area (Å²) in [5, 5.41) is 2.86. The van der Waals surface area contributed by atoms with Gasteiger partial charge in [0.05, 0.1) is 6.04 Å². The Morgan fingerprint density at radius 3 is 3.20 bits per heavy atom. The van der Waals surface area contributed by atoms with Crippen LogP contribution in [0.5, 0.6) is 0 Å². The summed E-state index contributed by atoms with van der Waals surface area (Å²) in [5.74, 6) is 0. The molecule has 1 heterocycles. The van der Waals surface area contributed by atoms with Crippen LogP contribution in [0.2, 0.25) is 0 Å². The quantitative estimate of drug-likeness (QED) is 0.569. The number of hydrogen-bond donors (Lipinski definition) is 1. The predicted molar refractivity (Wildman–Crippen MR) is 41.4 cm³/mol. The minimum absolute atomic E-state index is 0.0520. The molecule has 0 saturated carbocycles. The molecular formula is C7H6NOS. The van der Waals surface area contributed by atoms with Gasteiger partial charge in [-0.05, 0) is 11.8 Å². The summed E-state index contributed by atoms with van der Waals surface area (Å²) in [6, 6.07) is 0.155. The maximum Gasteiger partial charge on any atom is 0.284 e. The highest BCUT2D eigenvalue weighted by atomic mass is 32.2. The largest absolute Gasteiger partial charge is 0.339 e. The normalized spacial score (nSPS) is 29.4. The molecule has 1 radical (unpaired) electrons. The molecular weight excluding hydrogens is 146 g/mol. The molecule has 0 aromatic carbocycles. The number of carbonyl (C=O) groups excluding carboxylic acids is 1. The van der Waals surface area contributed by atoms with Crippen molar-refractivity contribution in [1.82, 2.24) is 5.32 Å². The molecule has 1 aliphatic heterocycles. The molecule has 1 atom stereocenters. The van der Waals surface area contributed by atoms with E-state index in [0.717, 1.165) is 4.91 Å². The molecule has 2 aliphatic rings. The second-order valence-electron chi connectivity index (χ2n) is 2.16. The van der Waals surface area contributed by atoms with Gasteiger partial charge in [-0.3, -0.25) is 4.79 Å². The van der Waals surface area contributed by atoms with Crippen LogP contribution < -0.4 is 5.32 Å². The maximum absolute atomic E-state index is 10.8. The van der Waals surface area contributed by atoms with E-state index in [9.17, 15) is 4.79 Å². The zero-order chi connectivity index (χ0) is 6.97. The Hall–Kier alpha value is -0.700. The van der Waals surface area contributed by atoms with Crippen LogP contribution in [0.1, 0.15) is 0 Å². The van der Waals surface area contributed by atoms with Gasteiger partial charge in [0.15, 0.2) is 0 Å². The lowest BCUT2D eigenvalue weighted by molar-refractivity contribution is 0.261. The highest BCUT2D eigenvalue weighted by molar-refractivity contribution is 8.17. The summed E-state index contributed by atoms with van der Waals surface area (Å²) >= 11 is 1.28. The van der Waals surface area contributed by atoms with Crippen molar-refractivity contribution in [3.05, 3.63) is 29.6 Å². The molecule has 1 fully saturated rings. The molecule has 0 bridgehead atoms. The summed E-state index contributed by atoms with van der Waals surface area (Å²) in [6.07, 6.45) is 7.83. The Labute approximate surface area is 63.4 Å². The molecule has 1 amide bonds. The molecule has 1 saturated heterocycles. The van der Waals surface area contributed by atoms with Crippen LogP contribution in [0, 0.1) is 6.42 Å². The van der Waals surface area contributed by atoms with E-state index in [-0.39, 0.29) is 11.3 Å². The maximum atomic E-state index is 10.8. The molecule has 2 nitrogen and oxygen atoms in total. The van der Waals surface area contributed by atoms with Crippen molar-refractivity contribution < 1.29 is 4.79 Å². The van der Waals surface area contributed by atoms with Gasteiger partial charge in [0.1, 0.15) is 0 Å². The van der Waals surface area contributed by atoms with E-state index in [0.29, 0.717) is 0 Å². The lowest BCUT2D eigenvalue weighted by Crippen LogP contribution is -2.25. The number of allylic oxidation sites excluding steroid dienone is 2. The fraction of sp³-hybridized carbons (Fsp3) is 0.143. The Bertz CT molecular complexity index is 232. The minimum Gasteiger partial charge on any atom is -0.339 e. The van der Waals surface area contributed by atoms with Gasteiger partial charge in [0, 0.05) is 11.3 Å². The smallest absolute Gasteiger partial charge is 0.284 e. The van der Waals surface area contributed by atoms with Crippen molar-refractivity contribution in [2.45, 2.75) is 6.04 Å². The van der Waals surface area contributed by atoms with Crippen molar-refractivity contribution in [2.75, 3.05) is 0 Å². The second kappa shape index (κ2) is 2.16. The van der Waals surface area contributed by atoms with Gasteiger partial charge in [-0.15, -0.1) is 0 Å². The fourth-order valence-corrected chi connectivity index (χ4v) is 1.82. The molecule has 0 spiro atoms. The van der Waals surface area contributed by atoms with Crippen LogP contribution in [-0.4, -0.2) is 11.3 Å². The number of carbonyl (C=O) groups is 1. The van der Waals surface area contributed by atoms with Crippen LogP contribution in [0.25, 0.3) is 0 Å². The fourth-order valence-electron chi connectivity index (χ4n) is 1.00. The standard InChI is InChI=1S/C7H6NOS/c9-7-8-5-3-1-2-4-6(5)10-7/h1-5H,(H,8,9). The summed E-state index contributed by atoms with van der Waals surface area (Å²) in [5.41, 5.74) is 0. The van der Waals surface area contributed by atoms with E-state index in [2.05, 4.69) is 5.32 Å². The third kappa shape index (κ3) is 0.865. The van der Waals surface area contributed by atoms with E-state index in [1.165, 1.54) is 11.8 Å². The molecule has 2 rings (SSSR count). The molecule has 10 heavy (non-hydrogen) atoms. The monoisotopic (exact) mass is 152 g/mol. The molecule has 1 N–H and O–H groups in total. The third-order valence-corrected chi connectivity index (χ3v) is 2.39. The first kappa shape index (κ1) is 6.04. The average Bonchev–Trinajstić information content (AvgIpc) is 2.27. The summed E-state index contributed by atoms with van der Waals surface area (Å²) < 4.78 is 0. The summed E-state index contributed by atoms with van der Waals surface area (Å²) in [7, 11) is 0. The van der Waals surface area contributed by atoms with Gasteiger partial charge in [0.25, 0.3) is 5.24 Å². The molecule has 0 aromatic rings. The Morgan fingerprint density at radius 2 is 2.40 bits per heavy atom. The van der Waals surface area contributed by atoms with Crippen LogP contribution >= 0.6 is 11.8 Å². The zero-order valence-electron chi connectivity index (χ0n) is 5.20. The van der Waals surface area contributed by atoms with Crippen LogP contribution in [0.3, 0.4) is 0 Å². The zero-order valence-corrected chi connectivity index (χ0v) is 6.02. The average molecular weight is 152 g/mol. The van der Waals surface area contributed by atoms with Crippen molar-refractivity contribution in [1.29, 1.82) is 0 Å². The predicted octanol–water partition coefficient (Wildman–Crippen LogP) is 1.47.